The Morgan fingerprint density at radius 2 is 1.85 bits per heavy atom. The molecule has 2 aromatic heterocycles. The molecule has 3 aromatic rings. The van der Waals surface area contributed by atoms with Crippen molar-refractivity contribution in [2.45, 2.75) is 49.9 Å². The molecule has 0 spiro atoms. The fraction of sp³-hybridized carbons (Fsp3) is 0.476. The fourth-order valence-corrected chi connectivity index (χ4v) is 4.35. The summed E-state index contributed by atoms with van der Waals surface area (Å²) in [6, 6.07) is 1.02. The lowest BCUT2D eigenvalue weighted by molar-refractivity contribution is 0.105. The highest BCUT2D eigenvalue weighted by Gasteiger charge is 2.32. The minimum absolute atomic E-state index is 0.139. The van der Waals surface area contributed by atoms with Crippen molar-refractivity contribution in [3.05, 3.63) is 35.8 Å². The zero-order valence-corrected chi connectivity index (χ0v) is 17.7. The maximum Gasteiger partial charge on any atom is 0.226 e. The number of halogens is 3. The van der Waals surface area contributed by atoms with Crippen LogP contribution < -0.4 is 16.4 Å². The molecule has 5 N–H and O–H groups in total. The molecule has 5 rings (SSSR count). The first-order valence-electron chi connectivity index (χ1n) is 10.8. The molecule has 1 saturated heterocycles. The SMILES string of the molecule is NC1(Nc2ncc3nc(Nc4c(F)cc(F)cc4F)n(C4CCOC4)c3n2)CCC(O)CC1. The number of hydrogen-bond acceptors (Lipinski definition) is 8. The van der Waals surface area contributed by atoms with Crippen molar-refractivity contribution >= 4 is 28.7 Å². The predicted molar refractivity (Wildman–Crippen MR) is 114 cm³/mol. The van der Waals surface area contributed by atoms with E-state index in [1.165, 1.54) is 6.20 Å². The maximum atomic E-state index is 14.3. The molecule has 0 bridgehead atoms. The summed E-state index contributed by atoms with van der Waals surface area (Å²) < 4.78 is 49.1. The zero-order chi connectivity index (χ0) is 23.2. The van der Waals surface area contributed by atoms with Crippen LogP contribution in [-0.2, 0) is 4.74 Å². The first-order valence-corrected chi connectivity index (χ1v) is 10.8. The van der Waals surface area contributed by atoms with Crippen molar-refractivity contribution in [1.82, 2.24) is 19.5 Å². The average molecular weight is 463 g/mol. The number of aliphatic hydroxyl groups is 1. The van der Waals surface area contributed by atoms with Gasteiger partial charge in [-0.05, 0) is 32.1 Å². The van der Waals surface area contributed by atoms with E-state index in [1.807, 2.05) is 0 Å². The van der Waals surface area contributed by atoms with Crippen molar-refractivity contribution in [2.75, 3.05) is 23.8 Å². The number of aromatic nitrogens is 4. The number of hydrogen-bond donors (Lipinski definition) is 4. The van der Waals surface area contributed by atoms with E-state index in [9.17, 15) is 18.3 Å². The second kappa shape index (κ2) is 8.43. The van der Waals surface area contributed by atoms with Crippen LogP contribution >= 0.6 is 0 Å². The normalized spacial score (nSPS) is 25.5. The number of nitrogens with two attached hydrogens (primary N) is 1. The van der Waals surface area contributed by atoms with Gasteiger partial charge in [0.15, 0.2) is 17.3 Å². The highest BCUT2D eigenvalue weighted by atomic mass is 19.1. The number of aliphatic hydroxyl groups excluding tert-OH is 1. The lowest BCUT2D eigenvalue weighted by atomic mass is 9.88. The van der Waals surface area contributed by atoms with Gasteiger partial charge in [-0.1, -0.05) is 0 Å². The molecule has 12 heteroatoms. The molecule has 3 heterocycles. The Balaban J connectivity index is 1.53. The van der Waals surface area contributed by atoms with E-state index in [4.69, 9.17) is 10.5 Å². The van der Waals surface area contributed by atoms with E-state index in [1.54, 1.807) is 4.57 Å². The van der Waals surface area contributed by atoms with Crippen LogP contribution in [0.3, 0.4) is 0 Å². The molecule has 2 fully saturated rings. The first kappa shape index (κ1) is 21.9. The Bertz CT molecular complexity index is 1150. The number of imidazole rings is 1. The molecular weight excluding hydrogens is 439 g/mol. The quantitative estimate of drug-likeness (QED) is 0.426. The molecule has 33 heavy (non-hydrogen) atoms. The molecule has 1 unspecified atom stereocenters. The predicted octanol–water partition coefficient (Wildman–Crippen LogP) is 2.95. The second-order valence-electron chi connectivity index (χ2n) is 8.61. The monoisotopic (exact) mass is 463 g/mol. The Kier molecular flexibility index (Phi) is 5.59. The molecule has 1 atom stereocenters. The molecule has 1 aromatic carbocycles. The highest BCUT2D eigenvalue weighted by molar-refractivity contribution is 5.77. The van der Waals surface area contributed by atoms with E-state index in [-0.39, 0.29) is 24.0 Å². The third kappa shape index (κ3) is 4.33. The first-order chi connectivity index (χ1) is 15.8. The number of nitrogens with zero attached hydrogens (tertiary/aromatic N) is 4. The van der Waals surface area contributed by atoms with Gasteiger partial charge >= 0.3 is 0 Å². The summed E-state index contributed by atoms with van der Waals surface area (Å²) in [5.41, 5.74) is 6.01. The van der Waals surface area contributed by atoms with Crippen LogP contribution in [0.5, 0.6) is 0 Å². The van der Waals surface area contributed by atoms with Gasteiger partial charge in [-0.15, -0.1) is 0 Å². The molecule has 0 radical (unpaired) electrons. The van der Waals surface area contributed by atoms with Crippen molar-refractivity contribution in [3.8, 4) is 0 Å². The van der Waals surface area contributed by atoms with Gasteiger partial charge < -0.3 is 26.2 Å². The van der Waals surface area contributed by atoms with Crippen LogP contribution in [-0.4, -0.2) is 49.6 Å². The third-order valence-corrected chi connectivity index (χ3v) is 6.16. The van der Waals surface area contributed by atoms with Gasteiger partial charge in [-0.3, -0.25) is 4.57 Å². The zero-order valence-electron chi connectivity index (χ0n) is 17.7. The number of fused-ring (bicyclic) bond motifs is 1. The Morgan fingerprint density at radius 3 is 2.52 bits per heavy atom. The van der Waals surface area contributed by atoms with Gasteiger partial charge in [0.2, 0.25) is 11.9 Å². The minimum Gasteiger partial charge on any atom is -0.393 e. The number of anilines is 3. The number of rotatable bonds is 5. The minimum atomic E-state index is -1.08. The molecule has 2 aliphatic rings. The summed E-state index contributed by atoms with van der Waals surface area (Å²) in [4.78, 5) is 13.3. The molecule has 1 aliphatic heterocycles. The van der Waals surface area contributed by atoms with Gasteiger partial charge in [0.05, 0.1) is 30.6 Å². The highest BCUT2D eigenvalue weighted by Crippen LogP contribution is 2.33. The number of nitrogens with one attached hydrogen (secondary N) is 2. The summed E-state index contributed by atoms with van der Waals surface area (Å²) >= 11 is 0. The van der Waals surface area contributed by atoms with Crippen molar-refractivity contribution in [2.24, 2.45) is 5.73 Å². The van der Waals surface area contributed by atoms with E-state index in [2.05, 4.69) is 25.6 Å². The van der Waals surface area contributed by atoms with Crippen molar-refractivity contribution in [3.63, 3.8) is 0 Å². The molecule has 176 valence electrons. The van der Waals surface area contributed by atoms with Crippen molar-refractivity contribution in [1.29, 1.82) is 0 Å². The Hall–Kier alpha value is -2.96. The third-order valence-electron chi connectivity index (χ3n) is 6.16. The number of benzene rings is 1. The summed E-state index contributed by atoms with van der Waals surface area (Å²) in [5.74, 6) is -2.74. The van der Waals surface area contributed by atoms with Crippen LogP contribution in [0.25, 0.3) is 11.2 Å². The maximum absolute atomic E-state index is 14.3. The fourth-order valence-electron chi connectivity index (χ4n) is 4.35. The van der Waals surface area contributed by atoms with Gasteiger partial charge in [-0.2, -0.15) is 4.98 Å². The molecule has 9 nitrogen and oxygen atoms in total. The lowest BCUT2D eigenvalue weighted by Crippen LogP contribution is -2.51. The van der Waals surface area contributed by atoms with Gasteiger partial charge in [-0.25, -0.2) is 23.1 Å². The Morgan fingerprint density at radius 1 is 1.12 bits per heavy atom. The molecular formula is C21H24F3N7O2. The van der Waals surface area contributed by atoms with E-state index >= 15 is 0 Å². The van der Waals surface area contributed by atoms with E-state index < -0.39 is 28.8 Å². The van der Waals surface area contributed by atoms with Crippen LogP contribution in [0.1, 0.15) is 38.1 Å². The molecule has 1 saturated carbocycles. The topological polar surface area (TPSA) is 123 Å². The standard InChI is InChI=1S/C21H24F3N7O2/c22-11-7-14(23)17(15(24)8-11)28-20-27-16-9-26-19(30-21(25)4-1-13(32)2-5-21)29-18(16)31(20)12-3-6-33-10-12/h7-9,12-13,32H,1-6,10,25H2,(H,27,28)(H,26,29,30). The van der Waals surface area contributed by atoms with Gasteiger partial charge in [0.25, 0.3) is 0 Å². The largest absolute Gasteiger partial charge is 0.393 e. The average Bonchev–Trinajstić information content (AvgIpc) is 3.40. The Labute approximate surface area is 187 Å². The number of ether oxygens (including phenoxy) is 1. The summed E-state index contributed by atoms with van der Waals surface area (Å²) in [6.45, 7) is 0.896. The van der Waals surface area contributed by atoms with Crippen LogP contribution in [0, 0.1) is 17.5 Å². The smallest absolute Gasteiger partial charge is 0.226 e. The second-order valence-corrected chi connectivity index (χ2v) is 8.61. The van der Waals surface area contributed by atoms with Crippen LogP contribution in [0.4, 0.5) is 30.8 Å². The lowest BCUT2D eigenvalue weighted by Gasteiger charge is -2.36. The van der Waals surface area contributed by atoms with Crippen molar-refractivity contribution < 1.29 is 23.0 Å². The molecule has 1 aliphatic carbocycles. The summed E-state index contributed by atoms with van der Waals surface area (Å²) in [6.07, 6.45) is 4.05. The van der Waals surface area contributed by atoms with Gasteiger partial charge in [0, 0.05) is 18.7 Å². The molecule has 0 amide bonds. The van der Waals surface area contributed by atoms with E-state index in [0.717, 1.165) is 0 Å². The van der Waals surface area contributed by atoms with Crippen LogP contribution in [0.15, 0.2) is 18.3 Å². The van der Waals surface area contributed by atoms with Crippen LogP contribution in [0.2, 0.25) is 0 Å². The van der Waals surface area contributed by atoms with E-state index in [0.29, 0.717) is 68.6 Å². The van der Waals surface area contributed by atoms with Gasteiger partial charge in [0.1, 0.15) is 17.0 Å². The summed E-state index contributed by atoms with van der Waals surface area (Å²) in [7, 11) is 0. The summed E-state index contributed by atoms with van der Waals surface area (Å²) in [5, 5.41) is 15.6.